The minimum Gasteiger partial charge on any atom is -0.455 e. The Kier molecular flexibility index (Phi) is 8.85. The lowest BCUT2D eigenvalue weighted by molar-refractivity contribution is 0.0885. The first kappa shape index (κ1) is 21.9. The van der Waals surface area contributed by atoms with Gasteiger partial charge >= 0.3 is 0 Å². The maximum absolute atomic E-state index is 12.3. The molecule has 1 aliphatic rings. The van der Waals surface area contributed by atoms with Crippen LogP contribution in [0.4, 0.5) is 0 Å². The molecule has 2 atom stereocenters. The standard InChI is InChI=1S/C16H22N4O2S.2ClH/c1-11-5-6-17-9-13(11)19-15(21)14-4-3-12(22-14)10-23-16-18-7-8-20(16)2;;/h3-4,7-8,11,13,17H,5-6,9-10H2,1-2H3,(H,19,21);2*1H. The molecule has 0 aliphatic carbocycles. The molecule has 0 saturated carbocycles. The summed E-state index contributed by atoms with van der Waals surface area (Å²) in [6, 6.07) is 3.75. The predicted octanol–water partition coefficient (Wildman–Crippen LogP) is 2.88. The van der Waals surface area contributed by atoms with Crippen LogP contribution in [0.1, 0.15) is 29.7 Å². The van der Waals surface area contributed by atoms with E-state index in [9.17, 15) is 4.79 Å². The molecule has 2 N–H and O–H groups in total. The van der Waals surface area contributed by atoms with E-state index in [1.165, 1.54) is 0 Å². The molecule has 2 aromatic rings. The predicted molar refractivity (Wildman–Crippen MR) is 104 cm³/mol. The summed E-state index contributed by atoms with van der Waals surface area (Å²) in [5.74, 6) is 2.14. The number of hydrogen-bond donors (Lipinski definition) is 2. The Hall–Kier alpha value is -1.15. The summed E-state index contributed by atoms with van der Waals surface area (Å²) in [5.41, 5.74) is 0. The number of carbonyl (C=O) groups excluding carboxylic acids is 1. The molecule has 2 aromatic heterocycles. The van der Waals surface area contributed by atoms with Crippen LogP contribution in [-0.2, 0) is 12.8 Å². The van der Waals surface area contributed by atoms with E-state index in [1.807, 2.05) is 23.9 Å². The molecule has 1 amide bonds. The summed E-state index contributed by atoms with van der Waals surface area (Å²) >= 11 is 1.58. The van der Waals surface area contributed by atoms with Crippen molar-refractivity contribution < 1.29 is 9.21 Å². The number of piperidine rings is 1. The van der Waals surface area contributed by atoms with Crippen molar-refractivity contribution in [1.82, 2.24) is 20.2 Å². The molecule has 0 radical (unpaired) electrons. The summed E-state index contributed by atoms with van der Waals surface area (Å²) in [5, 5.41) is 7.29. The number of rotatable bonds is 5. The Bertz CT molecular complexity index is 677. The average Bonchev–Trinajstić information content (AvgIpc) is 3.16. The van der Waals surface area contributed by atoms with Crippen LogP contribution in [0.2, 0.25) is 0 Å². The molecule has 3 rings (SSSR count). The van der Waals surface area contributed by atoms with E-state index in [-0.39, 0.29) is 36.8 Å². The fraction of sp³-hybridized carbons (Fsp3) is 0.500. The van der Waals surface area contributed by atoms with Crippen LogP contribution in [0.15, 0.2) is 34.1 Å². The average molecular weight is 407 g/mol. The smallest absolute Gasteiger partial charge is 0.287 e. The number of halogens is 2. The summed E-state index contributed by atoms with van der Waals surface area (Å²) < 4.78 is 7.63. The summed E-state index contributed by atoms with van der Waals surface area (Å²) in [7, 11) is 1.95. The van der Waals surface area contributed by atoms with Gasteiger partial charge in [-0.15, -0.1) is 24.8 Å². The molecule has 3 heterocycles. The van der Waals surface area contributed by atoms with E-state index in [0.717, 1.165) is 30.4 Å². The highest BCUT2D eigenvalue weighted by molar-refractivity contribution is 7.98. The fourth-order valence-corrected chi connectivity index (χ4v) is 3.45. The minimum absolute atomic E-state index is 0. The van der Waals surface area contributed by atoms with E-state index < -0.39 is 0 Å². The number of hydrogen-bond acceptors (Lipinski definition) is 5. The second-order valence-corrected chi connectivity index (χ2v) is 6.87. The first-order valence-corrected chi connectivity index (χ1v) is 8.82. The number of nitrogens with one attached hydrogen (secondary N) is 2. The maximum atomic E-state index is 12.3. The lowest BCUT2D eigenvalue weighted by atomic mass is 9.95. The number of amides is 1. The van der Waals surface area contributed by atoms with E-state index in [4.69, 9.17) is 4.42 Å². The van der Waals surface area contributed by atoms with Gasteiger partial charge in [0.2, 0.25) is 0 Å². The first-order chi connectivity index (χ1) is 11.1. The number of aromatic nitrogens is 2. The van der Waals surface area contributed by atoms with Crippen molar-refractivity contribution in [2.45, 2.75) is 30.3 Å². The first-order valence-electron chi connectivity index (χ1n) is 7.84. The lowest BCUT2D eigenvalue weighted by Gasteiger charge is -2.29. The van der Waals surface area contributed by atoms with Crippen LogP contribution in [0.3, 0.4) is 0 Å². The molecule has 1 fully saturated rings. The van der Waals surface area contributed by atoms with Crippen LogP contribution in [-0.4, -0.2) is 34.6 Å². The number of nitrogens with zero attached hydrogens (tertiary/aromatic N) is 2. The number of furan rings is 1. The highest BCUT2D eigenvalue weighted by Gasteiger charge is 2.24. The third-order valence-corrected chi connectivity index (χ3v) is 5.23. The quantitative estimate of drug-likeness (QED) is 0.746. The highest BCUT2D eigenvalue weighted by Crippen LogP contribution is 2.22. The van der Waals surface area contributed by atoms with Gasteiger partial charge in [0.15, 0.2) is 10.9 Å². The Morgan fingerprint density at radius 1 is 1.48 bits per heavy atom. The van der Waals surface area contributed by atoms with Gasteiger partial charge in [-0.25, -0.2) is 4.98 Å². The Morgan fingerprint density at radius 2 is 2.28 bits per heavy atom. The van der Waals surface area contributed by atoms with Crippen molar-refractivity contribution in [3.63, 3.8) is 0 Å². The third-order valence-electron chi connectivity index (χ3n) is 4.15. The van der Waals surface area contributed by atoms with Gasteiger partial charge in [-0.05, 0) is 31.0 Å². The van der Waals surface area contributed by atoms with Crippen molar-refractivity contribution in [2.24, 2.45) is 13.0 Å². The fourth-order valence-electron chi connectivity index (χ4n) is 2.63. The van der Waals surface area contributed by atoms with Gasteiger partial charge < -0.3 is 19.6 Å². The zero-order chi connectivity index (χ0) is 16.2. The van der Waals surface area contributed by atoms with E-state index in [0.29, 0.717) is 17.4 Å². The SMILES string of the molecule is CC1CCNCC1NC(=O)c1ccc(CSc2nccn2C)o1.Cl.Cl. The molecular formula is C16H24Cl2N4O2S. The molecule has 1 saturated heterocycles. The largest absolute Gasteiger partial charge is 0.455 e. The van der Waals surface area contributed by atoms with E-state index >= 15 is 0 Å². The van der Waals surface area contributed by atoms with Crippen molar-refractivity contribution >= 4 is 42.5 Å². The lowest BCUT2D eigenvalue weighted by Crippen LogP contribution is -2.50. The molecule has 9 heteroatoms. The Labute approximate surface area is 164 Å². The van der Waals surface area contributed by atoms with E-state index in [2.05, 4.69) is 22.5 Å². The molecule has 25 heavy (non-hydrogen) atoms. The molecular weight excluding hydrogens is 383 g/mol. The number of carbonyl (C=O) groups is 1. The molecule has 2 unspecified atom stereocenters. The number of aryl methyl sites for hydroxylation is 1. The zero-order valence-corrected chi connectivity index (χ0v) is 16.7. The van der Waals surface area contributed by atoms with Gasteiger partial charge in [-0.1, -0.05) is 18.7 Å². The minimum atomic E-state index is -0.140. The molecule has 0 spiro atoms. The van der Waals surface area contributed by atoms with Gasteiger partial charge in [0.1, 0.15) is 5.76 Å². The van der Waals surface area contributed by atoms with Crippen LogP contribution >= 0.6 is 36.6 Å². The molecule has 1 aliphatic heterocycles. The monoisotopic (exact) mass is 406 g/mol. The van der Waals surface area contributed by atoms with Crippen molar-refractivity contribution in [3.05, 3.63) is 36.0 Å². The van der Waals surface area contributed by atoms with Crippen LogP contribution in [0, 0.1) is 5.92 Å². The molecule has 140 valence electrons. The van der Waals surface area contributed by atoms with Crippen LogP contribution < -0.4 is 10.6 Å². The van der Waals surface area contributed by atoms with Gasteiger partial charge in [0.05, 0.1) is 5.75 Å². The van der Waals surface area contributed by atoms with Gasteiger partial charge in [-0.2, -0.15) is 0 Å². The van der Waals surface area contributed by atoms with Crippen LogP contribution in [0.25, 0.3) is 0 Å². The molecule has 6 nitrogen and oxygen atoms in total. The third kappa shape index (κ3) is 5.67. The molecule has 0 aromatic carbocycles. The summed E-state index contributed by atoms with van der Waals surface area (Å²) in [4.78, 5) is 16.6. The van der Waals surface area contributed by atoms with Crippen LogP contribution in [0.5, 0.6) is 0 Å². The van der Waals surface area contributed by atoms with Crippen molar-refractivity contribution in [1.29, 1.82) is 0 Å². The Morgan fingerprint density at radius 3 is 2.96 bits per heavy atom. The molecule has 0 bridgehead atoms. The topological polar surface area (TPSA) is 72.1 Å². The maximum Gasteiger partial charge on any atom is 0.287 e. The second kappa shape index (κ2) is 10.1. The van der Waals surface area contributed by atoms with Crippen molar-refractivity contribution in [3.8, 4) is 0 Å². The zero-order valence-electron chi connectivity index (χ0n) is 14.2. The van der Waals surface area contributed by atoms with Gasteiger partial charge in [-0.3, -0.25) is 4.79 Å². The van der Waals surface area contributed by atoms with E-state index in [1.54, 1.807) is 24.0 Å². The Balaban J connectivity index is 0.00000156. The summed E-state index contributed by atoms with van der Waals surface area (Å²) in [6.45, 7) is 4.00. The van der Waals surface area contributed by atoms with Gasteiger partial charge in [0, 0.05) is 32.0 Å². The summed E-state index contributed by atoms with van der Waals surface area (Å²) in [6.07, 6.45) is 4.75. The normalized spacial score (nSPS) is 19.6. The number of imidazole rings is 1. The van der Waals surface area contributed by atoms with Gasteiger partial charge in [0.25, 0.3) is 5.91 Å². The highest BCUT2D eigenvalue weighted by atomic mass is 35.5. The second-order valence-electron chi connectivity index (χ2n) is 5.93. The number of thioether (sulfide) groups is 1. The van der Waals surface area contributed by atoms with Crippen molar-refractivity contribution in [2.75, 3.05) is 13.1 Å².